The molecule has 0 N–H and O–H groups in total. The average Bonchev–Trinajstić information content (AvgIpc) is 3.23. The van der Waals surface area contributed by atoms with Crippen LogP contribution in [0.1, 0.15) is 28.8 Å². The molecule has 0 radical (unpaired) electrons. The maximum Gasteiger partial charge on any atom is 0.408 e. The zero-order valence-electron chi connectivity index (χ0n) is 21.2. The summed E-state index contributed by atoms with van der Waals surface area (Å²) < 4.78 is 61.3. The van der Waals surface area contributed by atoms with Gasteiger partial charge in [-0.3, -0.25) is 14.7 Å². The molecule has 1 aliphatic rings. The van der Waals surface area contributed by atoms with Crippen molar-refractivity contribution in [3.8, 4) is 16.9 Å². The Bertz CT molecular complexity index is 1490. The van der Waals surface area contributed by atoms with Crippen LogP contribution in [-0.4, -0.2) is 59.2 Å². The van der Waals surface area contributed by atoms with Crippen LogP contribution in [0.15, 0.2) is 51.9 Å². The number of halogens is 3. The largest absolute Gasteiger partial charge is 0.496 e. The van der Waals surface area contributed by atoms with Crippen molar-refractivity contribution in [1.82, 2.24) is 19.6 Å². The van der Waals surface area contributed by atoms with Crippen molar-refractivity contribution in [2.45, 2.75) is 32.6 Å². The second-order valence-corrected chi connectivity index (χ2v) is 9.22. The van der Waals surface area contributed by atoms with Crippen molar-refractivity contribution >= 4 is 10.9 Å². The summed E-state index contributed by atoms with van der Waals surface area (Å²) in [5.74, 6) is 0.984. The van der Waals surface area contributed by atoms with Crippen LogP contribution in [0, 0.1) is 13.8 Å². The molecule has 0 bridgehead atoms. The number of ether oxygens (including phenoxy) is 2. The number of aryl methyl sites for hydroxylation is 2. The summed E-state index contributed by atoms with van der Waals surface area (Å²) in [5, 5.41) is 4.47. The minimum Gasteiger partial charge on any atom is -0.496 e. The smallest absolute Gasteiger partial charge is 0.408 e. The van der Waals surface area contributed by atoms with Gasteiger partial charge in [-0.1, -0.05) is 11.2 Å². The summed E-state index contributed by atoms with van der Waals surface area (Å²) in [5.41, 5.74) is 1.80. The number of benzene rings is 1. The zero-order valence-corrected chi connectivity index (χ0v) is 21.2. The van der Waals surface area contributed by atoms with E-state index in [1.165, 1.54) is 22.6 Å². The standard InChI is InChI=1S/C27H27F3N4O4/c1-16-24(17(2)38-32-16)20-12-18-13-21(25(27(28,29)30)33-8-10-37-11-9-33)26(35)34(22(18)14-23(20)36-3)15-19-6-4-5-7-31-19/h4-7,12-14,25H,8-11,15H2,1-3H3. The minimum absolute atomic E-state index is 0.00841. The van der Waals surface area contributed by atoms with E-state index in [4.69, 9.17) is 14.0 Å². The fraction of sp³-hybridized carbons (Fsp3) is 0.370. The van der Waals surface area contributed by atoms with Gasteiger partial charge in [0.2, 0.25) is 0 Å². The van der Waals surface area contributed by atoms with Crippen molar-refractivity contribution < 1.29 is 27.2 Å². The Morgan fingerprint density at radius 2 is 1.89 bits per heavy atom. The molecule has 8 nitrogen and oxygen atoms in total. The number of pyridine rings is 2. The van der Waals surface area contributed by atoms with E-state index in [-0.39, 0.29) is 38.4 Å². The van der Waals surface area contributed by atoms with Crippen LogP contribution in [0.4, 0.5) is 13.2 Å². The van der Waals surface area contributed by atoms with Gasteiger partial charge in [0.05, 0.1) is 49.3 Å². The third-order valence-electron chi connectivity index (χ3n) is 6.81. The Hall–Kier alpha value is -3.70. The molecule has 5 rings (SSSR count). The Morgan fingerprint density at radius 3 is 2.50 bits per heavy atom. The minimum atomic E-state index is -4.68. The second-order valence-electron chi connectivity index (χ2n) is 9.22. The van der Waals surface area contributed by atoms with Gasteiger partial charge in [0, 0.05) is 36.5 Å². The number of hydrogen-bond acceptors (Lipinski definition) is 7. The molecule has 1 fully saturated rings. The quantitative estimate of drug-likeness (QED) is 0.360. The molecule has 4 aromatic rings. The molecular weight excluding hydrogens is 501 g/mol. The molecule has 1 aromatic carbocycles. The highest BCUT2D eigenvalue weighted by atomic mass is 19.4. The Kier molecular flexibility index (Phi) is 6.97. The topological polar surface area (TPSA) is 82.6 Å². The van der Waals surface area contributed by atoms with Gasteiger partial charge in [0.15, 0.2) is 0 Å². The molecule has 0 saturated carbocycles. The van der Waals surface area contributed by atoms with Gasteiger partial charge in [-0.25, -0.2) is 0 Å². The van der Waals surface area contributed by atoms with Crippen LogP contribution in [-0.2, 0) is 11.3 Å². The first-order chi connectivity index (χ1) is 18.2. The van der Waals surface area contributed by atoms with Gasteiger partial charge in [0.1, 0.15) is 17.6 Å². The molecule has 0 aliphatic carbocycles. The normalized spacial score (nSPS) is 15.6. The molecular formula is C27H27F3N4O4. The summed E-state index contributed by atoms with van der Waals surface area (Å²) in [6.45, 7) is 3.98. The third kappa shape index (κ3) is 4.79. The summed E-state index contributed by atoms with van der Waals surface area (Å²) in [7, 11) is 1.50. The van der Waals surface area contributed by atoms with Gasteiger partial charge in [0.25, 0.3) is 5.56 Å². The molecule has 0 spiro atoms. The first-order valence-corrected chi connectivity index (χ1v) is 12.2. The van der Waals surface area contributed by atoms with Crippen molar-refractivity contribution in [1.29, 1.82) is 0 Å². The van der Waals surface area contributed by atoms with Crippen LogP contribution in [0.2, 0.25) is 0 Å². The highest BCUT2D eigenvalue weighted by molar-refractivity contribution is 5.90. The van der Waals surface area contributed by atoms with Crippen molar-refractivity contribution in [2.24, 2.45) is 0 Å². The number of nitrogens with zero attached hydrogens (tertiary/aromatic N) is 4. The number of hydrogen-bond donors (Lipinski definition) is 0. The van der Waals surface area contributed by atoms with Gasteiger partial charge in [-0.15, -0.1) is 0 Å². The van der Waals surface area contributed by atoms with Gasteiger partial charge < -0.3 is 18.6 Å². The van der Waals surface area contributed by atoms with E-state index >= 15 is 0 Å². The van der Waals surface area contributed by atoms with Gasteiger partial charge in [-0.05, 0) is 43.5 Å². The number of aromatic nitrogens is 3. The molecule has 11 heteroatoms. The van der Waals surface area contributed by atoms with Gasteiger partial charge in [-0.2, -0.15) is 13.2 Å². The zero-order chi connectivity index (χ0) is 27.0. The van der Waals surface area contributed by atoms with Crippen molar-refractivity contribution in [2.75, 3.05) is 33.4 Å². The van der Waals surface area contributed by atoms with Gasteiger partial charge >= 0.3 is 6.18 Å². The maximum atomic E-state index is 14.6. The summed E-state index contributed by atoms with van der Waals surface area (Å²) in [4.78, 5) is 19.4. The molecule has 4 heterocycles. The first-order valence-electron chi connectivity index (χ1n) is 12.2. The molecule has 1 aliphatic heterocycles. The number of methoxy groups -OCH3 is 1. The highest BCUT2D eigenvalue weighted by Gasteiger charge is 2.46. The van der Waals surface area contributed by atoms with Crippen LogP contribution in [0.25, 0.3) is 22.0 Å². The molecule has 38 heavy (non-hydrogen) atoms. The van der Waals surface area contributed by atoms with Crippen molar-refractivity contribution in [3.63, 3.8) is 0 Å². The molecule has 0 amide bonds. The molecule has 200 valence electrons. The number of fused-ring (bicyclic) bond motifs is 1. The SMILES string of the molecule is COc1cc2c(cc1-c1c(C)noc1C)cc(C(N1CCOCC1)C(F)(F)F)c(=O)n2Cc1ccccn1. The fourth-order valence-electron chi connectivity index (χ4n) is 5.08. The lowest BCUT2D eigenvalue weighted by atomic mass is 9.97. The van der Waals surface area contributed by atoms with Crippen LogP contribution < -0.4 is 10.3 Å². The van der Waals surface area contributed by atoms with Crippen molar-refractivity contribution in [3.05, 3.63) is 75.7 Å². The maximum absolute atomic E-state index is 14.6. The second kappa shape index (κ2) is 10.2. The van der Waals surface area contributed by atoms with Crippen LogP contribution >= 0.6 is 0 Å². The summed E-state index contributed by atoms with van der Waals surface area (Å²) >= 11 is 0. The number of rotatable bonds is 6. The van der Waals surface area contributed by atoms with Crippen LogP contribution in [0.5, 0.6) is 5.75 Å². The number of alkyl halides is 3. The lowest BCUT2D eigenvalue weighted by Gasteiger charge is -2.35. The highest BCUT2D eigenvalue weighted by Crippen LogP contribution is 2.40. The van der Waals surface area contributed by atoms with E-state index in [1.807, 2.05) is 0 Å². The monoisotopic (exact) mass is 528 g/mol. The van der Waals surface area contributed by atoms with E-state index < -0.39 is 17.8 Å². The van der Waals surface area contributed by atoms with E-state index in [0.717, 1.165) is 0 Å². The Morgan fingerprint density at radius 1 is 1.13 bits per heavy atom. The van der Waals surface area contributed by atoms with Crippen LogP contribution in [0.3, 0.4) is 0 Å². The van der Waals surface area contributed by atoms with E-state index in [0.29, 0.717) is 44.9 Å². The molecule has 1 unspecified atom stereocenters. The lowest BCUT2D eigenvalue weighted by Crippen LogP contribution is -2.47. The molecule has 1 atom stereocenters. The molecule has 3 aromatic heterocycles. The predicted molar refractivity (Wildman–Crippen MR) is 134 cm³/mol. The average molecular weight is 529 g/mol. The lowest BCUT2D eigenvalue weighted by molar-refractivity contribution is -0.195. The Balaban J connectivity index is 1.80. The first kappa shape index (κ1) is 25.9. The summed E-state index contributed by atoms with van der Waals surface area (Å²) in [6, 6.07) is 7.89. The number of morpholine rings is 1. The predicted octanol–water partition coefficient (Wildman–Crippen LogP) is 4.66. The van der Waals surface area contributed by atoms with E-state index in [1.54, 1.807) is 50.4 Å². The summed E-state index contributed by atoms with van der Waals surface area (Å²) in [6.07, 6.45) is -3.10. The third-order valence-corrected chi connectivity index (χ3v) is 6.81. The molecule has 1 saturated heterocycles. The Labute approximate surface area is 216 Å². The fourth-order valence-corrected chi connectivity index (χ4v) is 5.08. The van der Waals surface area contributed by atoms with E-state index in [2.05, 4.69) is 10.1 Å². The van der Waals surface area contributed by atoms with E-state index in [9.17, 15) is 18.0 Å².